The number of aromatic nitrogens is 2. The van der Waals surface area contributed by atoms with Gasteiger partial charge in [-0.25, -0.2) is 4.98 Å². The molecule has 6 nitrogen and oxygen atoms in total. The van der Waals surface area contributed by atoms with E-state index < -0.39 is 0 Å². The summed E-state index contributed by atoms with van der Waals surface area (Å²) in [5, 5.41) is 3.09. The Morgan fingerprint density at radius 3 is 2.69 bits per heavy atom. The average molecular weight is 395 g/mol. The molecule has 1 aromatic heterocycles. The third-order valence-electron chi connectivity index (χ3n) is 6.06. The number of aryl methyl sites for hydroxylation is 1. The summed E-state index contributed by atoms with van der Waals surface area (Å²) < 4.78 is 1.59. The molecule has 1 aromatic carbocycles. The van der Waals surface area contributed by atoms with Crippen LogP contribution in [0.1, 0.15) is 55.3 Å². The summed E-state index contributed by atoms with van der Waals surface area (Å²) in [6, 6.07) is 10.6. The Morgan fingerprint density at radius 1 is 1.21 bits per heavy atom. The number of carbonyl (C=O) groups excluding carboxylic acids is 1. The lowest BCUT2D eigenvalue weighted by Gasteiger charge is -2.29. The molecule has 1 amide bonds. The second-order valence-corrected chi connectivity index (χ2v) is 8.19. The van der Waals surface area contributed by atoms with Gasteiger partial charge in [-0.2, -0.15) is 0 Å². The van der Waals surface area contributed by atoms with E-state index in [0.717, 1.165) is 43.6 Å². The topological polar surface area (TPSA) is 67.2 Å². The number of fused-ring (bicyclic) bond motifs is 1. The van der Waals surface area contributed by atoms with Crippen molar-refractivity contribution in [3.63, 3.8) is 0 Å². The maximum atomic E-state index is 13.3. The van der Waals surface area contributed by atoms with E-state index in [9.17, 15) is 9.59 Å². The molecule has 2 heterocycles. The summed E-state index contributed by atoms with van der Waals surface area (Å²) in [5.74, 6) is 0.638. The maximum absolute atomic E-state index is 13.3. The van der Waals surface area contributed by atoms with Gasteiger partial charge in [-0.3, -0.25) is 19.1 Å². The summed E-state index contributed by atoms with van der Waals surface area (Å²) in [5.41, 5.74) is 2.85. The molecule has 6 heteroatoms. The molecule has 4 rings (SSSR count). The van der Waals surface area contributed by atoms with Gasteiger partial charge in [-0.05, 0) is 18.4 Å². The van der Waals surface area contributed by atoms with E-state index in [0.29, 0.717) is 18.8 Å². The van der Waals surface area contributed by atoms with Crippen molar-refractivity contribution in [1.29, 1.82) is 0 Å². The molecule has 0 saturated heterocycles. The Hall–Kier alpha value is -2.47. The second kappa shape index (κ2) is 8.91. The van der Waals surface area contributed by atoms with E-state index in [4.69, 9.17) is 4.98 Å². The smallest absolute Gasteiger partial charge is 0.258 e. The number of carbonyl (C=O) groups is 1. The van der Waals surface area contributed by atoms with Crippen LogP contribution in [0.4, 0.5) is 0 Å². The zero-order valence-electron chi connectivity index (χ0n) is 17.2. The molecule has 2 aliphatic rings. The Balaban J connectivity index is 1.53. The van der Waals surface area contributed by atoms with Gasteiger partial charge in [0.05, 0.1) is 11.3 Å². The van der Waals surface area contributed by atoms with Gasteiger partial charge in [0.1, 0.15) is 12.4 Å². The van der Waals surface area contributed by atoms with Crippen molar-refractivity contribution in [3.05, 3.63) is 63.3 Å². The minimum Gasteiger partial charge on any atom is -0.352 e. The Morgan fingerprint density at radius 2 is 1.97 bits per heavy atom. The Kier molecular flexibility index (Phi) is 6.09. The fraction of sp³-hybridized carbons (Fsp3) is 0.522. The molecule has 0 bridgehead atoms. The minimum absolute atomic E-state index is 0.0498. The highest BCUT2D eigenvalue weighted by atomic mass is 16.2. The van der Waals surface area contributed by atoms with Crippen molar-refractivity contribution in [2.24, 2.45) is 0 Å². The third-order valence-corrected chi connectivity index (χ3v) is 6.06. The maximum Gasteiger partial charge on any atom is 0.258 e. The highest BCUT2D eigenvalue weighted by molar-refractivity contribution is 5.76. The van der Waals surface area contributed by atoms with Crippen LogP contribution in [0, 0.1) is 0 Å². The lowest BCUT2D eigenvalue weighted by atomic mass is 10.1. The first-order chi connectivity index (χ1) is 14.1. The van der Waals surface area contributed by atoms with Gasteiger partial charge in [0.15, 0.2) is 0 Å². The van der Waals surface area contributed by atoms with Gasteiger partial charge >= 0.3 is 0 Å². The van der Waals surface area contributed by atoms with Crippen molar-refractivity contribution < 1.29 is 4.79 Å². The number of amides is 1. The third kappa shape index (κ3) is 4.58. The van der Waals surface area contributed by atoms with E-state index in [-0.39, 0.29) is 24.1 Å². The van der Waals surface area contributed by atoms with Crippen LogP contribution in [-0.2, 0) is 37.3 Å². The number of nitrogens with zero attached hydrogens (tertiary/aromatic N) is 3. The molecule has 1 aliphatic carbocycles. The zero-order chi connectivity index (χ0) is 20.2. The van der Waals surface area contributed by atoms with Crippen LogP contribution in [-0.4, -0.2) is 32.9 Å². The lowest BCUT2D eigenvalue weighted by Crippen LogP contribution is -2.42. The summed E-state index contributed by atoms with van der Waals surface area (Å²) >= 11 is 0. The molecule has 1 saturated carbocycles. The number of rotatable bonds is 6. The van der Waals surface area contributed by atoms with Crippen LogP contribution in [0.25, 0.3) is 0 Å². The largest absolute Gasteiger partial charge is 0.352 e. The van der Waals surface area contributed by atoms with Crippen molar-refractivity contribution in [3.8, 4) is 0 Å². The summed E-state index contributed by atoms with van der Waals surface area (Å²) in [4.78, 5) is 32.9. The molecule has 2 aromatic rings. The van der Waals surface area contributed by atoms with Crippen LogP contribution >= 0.6 is 0 Å². The van der Waals surface area contributed by atoms with E-state index >= 15 is 0 Å². The summed E-state index contributed by atoms with van der Waals surface area (Å²) in [6.07, 6.45) is 5.84. The highest BCUT2D eigenvalue weighted by Crippen LogP contribution is 2.19. The van der Waals surface area contributed by atoms with Gasteiger partial charge in [-0.15, -0.1) is 0 Å². The van der Waals surface area contributed by atoms with E-state index in [1.54, 1.807) is 4.57 Å². The molecular formula is C23H30N4O2. The Labute approximate surface area is 172 Å². The molecule has 1 aliphatic heterocycles. The van der Waals surface area contributed by atoms with Crippen molar-refractivity contribution in [2.45, 2.75) is 71.1 Å². The van der Waals surface area contributed by atoms with Crippen molar-refractivity contribution >= 4 is 5.91 Å². The van der Waals surface area contributed by atoms with Crippen LogP contribution in [0.5, 0.6) is 0 Å². The highest BCUT2D eigenvalue weighted by Gasteiger charge is 2.24. The average Bonchev–Trinajstić information content (AvgIpc) is 3.24. The quantitative estimate of drug-likeness (QED) is 0.817. The Bertz CT molecular complexity index is 916. The second-order valence-electron chi connectivity index (χ2n) is 8.19. The number of hydrogen-bond donors (Lipinski definition) is 1. The summed E-state index contributed by atoms with van der Waals surface area (Å²) in [7, 11) is 0. The van der Waals surface area contributed by atoms with Crippen LogP contribution in [0.15, 0.2) is 35.1 Å². The van der Waals surface area contributed by atoms with Crippen LogP contribution in [0.2, 0.25) is 0 Å². The van der Waals surface area contributed by atoms with E-state index in [1.807, 2.05) is 25.1 Å². The van der Waals surface area contributed by atoms with Crippen molar-refractivity contribution in [1.82, 2.24) is 19.8 Å². The first kappa shape index (κ1) is 19.8. The summed E-state index contributed by atoms with van der Waals surface area (Å²) in [6.45, 7) is 4.35. The monoisotopic (exact) mass is 394 g/mol. The molecule has 0 unspecified atom stereocenters. The van der Waals surface area contributed by atoms with Gasteiger partial charge < -0.3 is 5.32 Å². The standard InChI is InChI=1S/C23H30N4O2/c1-2-21-25-20-12-13-26(14-17-8-4-3-5-9-17)15-19(20)23(29)27(21)16-22(28)24-18-10-6-7-11-18/h3-5,8-9,18H,2,6-7,10-16H2,1H3,(H,24,28). The van der Waals surface area contributed by atoms with E-state index in [1.165, 1.54) is 18.4 Å². The van der Waals surface area contributed by atoms with Gasteiger partial charge in [0.25, 0.3) is 5.56 Å². The minimum atomic E-state index is -0.0765. The SMILES string of the molecule is CCc1nc2c(c(=O)n1CC(=O)NC1CCCC1)CN(Cc1ccccc1)CC2. The predicted molar refractivity (Wildman–Crippen MR) is 113 cm³/mol. The fourth-order valence-corrected chi connectivity index (χ4v) is 4.52. The zero-order valence-corrected chi connectivity index (χ0v) is 17.2. The number of benzene rings is 1. The predicted octanol–water partition coefficient (Wildman–Crippen LogP) is 2.42. The first-order valence-corrected chi connectivity index (χ1v) is 10.8. The molecule has 1 fully saturated rings. The molecule has 29 heavy (non-hydrogen) atoms. The lowest BCUT2D eigenvalue weighted by molar-refractivity contribution is -0.122. The molecule has 0 spiro atoms. The fourth-order valence-electron chi connectivity index (χ4n) is 4.52. The van der Waals surface area contributed by atoms with Gasteiger partial charge in [-0.1, -0.05) is 50.1 Å². The first-order valence-electron chi connectivity index (χ1n) is 10.8. The molecule has 154 valence electrons. The normalized spacial score (nSPS) is 17.3. The molecular weight excluding hydrogens is 364 g/mol. The van der Waals surface area contributed by atoms with Gasteiger partial charge in [0.2, 0.25) is 5.91 Å². The van der Waals surface area contributed by atoms with Crippen LogP contribution in [0.3, 0.4) is 0 Å². The van der Waals surface area contributed by atoms with Crippen molar-refractivity contribution in [2.75, 3.05) is 6.54 Å². The molecule has 1 N–H and O–H groups in total. The van der Waals surface area contributed by atoms with E-state index in [2.05, 4.69) is 22.3 Å². The number of hydrogen-bond acceptors (Lipinski definition) is 4. The molecule has 0 atom stereocenters. The number of nitrogens with one attached hydrogen (secondary N) is 1. The van der Waals surface area contributed by atoms with Gasteiger partial charge in [0, 0.05) is 38.5 Å². The molecule has 0 radical (unpaired) electrons. The van der Waals surface area contributed by atoms with Crippen LogP contribution < -0.4 is 10.9 Å².